The van der Waals surface area contributed by atoms with Gasteiger partial charge in [0.1, 0.15) is 0 Å². The second kappa shape index (κ2) is 9.74. The maximum atomic E-state index is 9.00. The molecule has 0 radical (unpaired) electrons. The Bertz CT molecular complexity index is 34.5. The van der Waals surface area contributed by atoms with Crippen LogP contribution in [0.4, 0.5) is 0 Å². The topological polar surface area (TPSA) is 37.3 Å². The number of carboxylic acids is 1. The quantitative estimate of drug-likeness (QED) is 0.661. The molecule has 0 spiro atoms. The summed E-state index contributed by atoms with van der Waals surface area (Å²) >= 11 is 0. The van der Waals surface area contributed by atoms with Crippen molar-refractivity contribution >= 4 is 29.9 Å². The molecule has 0 aliphatic carbocycles. The first-order valence-corrected chi connectivity index (χ1v) is 0.928. The molecule has 0 saturated heterocycles. The fourth-order valence-electron chi connectivity index (χ4n) is 0. The van der Waals surface area contributed by atoms with E-state index in [1.807, 2.05) is 0 Å². The zero-order valence-corrected chi connectivity index (χ0v) is 8.12. The van der Waals surface area contributed by atoms with Crippen LogP contribution in [0, 0.1) is 40.4 Å². The van der Waals surface area contributed by atoms with Gasteiger partial charge in [-0.2, -0.15) is 0 Å². The summed E-state index contributed by atoms with van der Waals surface area (Å²) in [5, 5.41) is 7.42. The van der Waals surface area contributed by atoms with Gasteiger partial charge in [0.05, 0.1) is 0 Å². The summed E-state index contributed by atoms with van der Waals surface area (Å²) in [6.07, 6.45) is 0. The fourth-order valence-corrected chi connectivity index (χ4v) is 0. The molecule has 38 valence electrons. The molecular formula is C2H5IO2Sm. The van der Waals surface area contributed by atoms with Gasteiger partial charge in [-0.3, -0.25) is 4.79 Å². The van der Waals surface area contributed by atoms with Crippen molar-refractivity contribution in [2.45, 2.75) is 6.92 Å². The molecule has 2 nitrogen and oxygen atoms in total. The molecule has 0 fully saturated rings. The number of halogens is 1. The first-order chi connectivity index (χ1) is 1.73. The molecule has 0 aliphatic heterocycles. The normalized spacial score (nSPS) is 4.17. The second-order valence-electron chi connectivity index (χ2n) is 0.519. The Labute approximate surface area is 85.8 Å². The number of hydrogen-bond donors (Lipinski definition) is 1. The van der Waals surface area contributed by atoms with Gasteiger partial charge in [0.2, 0.25) is 0 Å². The first-order valence-electron chi connectivity index (χ1n) is 0.928. The van der Waals surface area contributed by atoms with E-state index in [4.69, 9.17) is 9.90 Å². The zero-order valence-electron chi connectivity index (χ0n) is 3.17. The summed E-state index contributed by atoms with van der Waals surface area (Å²) in [6, 6.07) is 0. The van der Waals surface area contributed by atoms with Crippen LogP contribution in [0.15, 0.2) is 0 Å². The van der Waals surface area contributed by atoms with Gasteiger partial charge in [-0.15, -0.1) is 24.0 Å². The standard InChI is InChI=1S/C2H4O2.HI.Sm/c1-2(3)4;;/h1H3,(H,3,4);1H;. The molecule has 0 rings (SSSR count). The number of carboxylic acid groups (broad SMARTS) is 1. The molecule has 0 unspecified atom stereocenters. The minimum absolute atomic E-state index is 0. The van der Waals surface area contributed by atoms with Crippen molar-refractivity contribution in [3.8, 4) is 0 Å². The SMILES string of the molecule is CC(=O)O.I.[Sm]. The van der Waals surface area contributed by atoms with E-state index in [1.54, 1.807) is 0 Å². The van der Waals surface area contributed by atoms with Gasteiger partial charge in [-0.05, 0) is 0 Å². The van der Waals surface area contributed by atoms with E-state index in [9.17, 15) is 0 Å². The monoisotopic (exact) mass is 340 g/mol. The van der Waals surface area contributed by atoms with Crippen LogP contribution < -0.4 is 0 Å². The summed E-state index contributed by atoms with van der Waals surface area (Å²) in [4.78, 5) is 9.00. The average molecular weight is 338 g/mol. The summed E-state index contributed by atoms with van der Waals surface area (Å²) in [7, 11) is 0. The van der Waals surface area contributed by atoms with Crippen molar-refractivity contribution in [3.63, 3.8) is 0 Å². The molecule has 0 atom stereocenters. The maximum Gasteiger partial charge on any atom is 0.300 e. The summed E-state index contributed by atoms with van der Waals surface area (Å²) < 4.78 is 0. The Hall–Kier alpha value is 1.54. The largest absolute Gasteiger partial charge is 0.481 e. The molecule has 0 bridgehead atoms. The van der Waals surface area contributed by atoms with Gasteiger partial charge < -0.3 is 5.11 Å². The van der Waals surface area contributed by atoms with Crippen LogP contribution >= 0.6 is 24.0 Å². The maximum absolute atomic E-state index is 9.00. The molecule has 0 aromatic heterocycles. The Kier molecular flexibility index (Phi) is 25.4. The fraction of sp³-hybridized carbons (Fsp3) is 0.500. The molecular weight excluding hydrogens is 333 g/mol. The van der Waals surface area contributed by atoms with Gasteiger partial charge in [-0.1, -0.05) is 0 Å². The van der Waals surface area contributed by atoms with Gasteiger partial charge in [0.25, 0.3) is 5.97 Å². The molecule has 0 aliphatic rings. The van der Waals surface area contributed by atoms with Crippen molar-refractivity contribution in [2.24, 2.45) is 0 Å². The van der Waals surface area contributed by atoms with Crippen molar-refractivity contribution in [3.05, 3.63) is 0 Å². The van der Waals surface area contributed by atoms with E-state index >= 15 is 0 Å². The van der Waals surface area contributed by atoms with Gasteiger partial charge >= 0.3 is 0 Å². The van der Waals surface area contributed by atoms with E-state index in [2.05, 4.69) is 0 Å². The Morgan fingerprint density at radius 1 is 1.67 bits per heavy atom. The van der Waals surface area contributed by atoms with E-state index in [1.165, 1.54) is 0 Å². The average Bonchev–Trinajstić information content (AvgIpc) is 0.811. The first kappa shape index (κ1) is 15.6. The van der Waals surface area contributed by atoms with Gasteiger partial charge in [-0.25, -0.2) is 0 Å². The number of hydrogen-bond acceptors (Lipinski definition) is 1. The predicted octanol–water partition coefficient (Wildman–Crippen LogP) is 0.709. The van der Waals surface area contributed by atoms with Crippen LogP contribution in [-0.2, 0) is 4.79 Å². The van der Waals surface area contributed by atoms with Gasteiger partial charge in [0.15, 0.2) is 0 Å². The van der Waals surface area contributed by atoms with Crippen LogP contribution in [-0.4, -0.2) is 11.1 Å². The van der Waals surface area contributed by atoms with E-state index in [-0.39, 0.29) is 64.4 Å². The number of carbonyl (C=O) groups is 1. The van der Waals surface area contributed by atoms with E-state index in [0.717, 1.165) is 6.92 Å². The third-order valence-corrected chi connectivity index (χ3v) is 0. The second-order valence-corrected chi connectivity index (χ2v) is 0.519. The molecule has 4 heteroatoms. The third-order valence-electron chi connectivity index (χ3n) is 0. The number of rotatable bonds is 0. The van der Waals surface area contributed by atoms with Crippen LogP contribution in [0.1, 0.15) is 6.92 Å². The van der Waals surface area contributed by atoms with Gasteiger partial charge in [0, 0.05) is 47.3 Å². The van der Waals surface area contributed by atoms with E-state index in [0.29, 0.717) is 0 Å². The molecule has 0 aromatic carbocycles. The van der Waals surface area contributed by atoms with Crippen LogP contribution in [0.5, 0.6) is 0 Å². The molecule has 0 heterocycles. The van der Waals surface area contributed by atoms with Crippen molar-refractivity contribution < 1.29 is 50.3 Å². The summed E-state index contributed by atoms with van der Waals surface area (Å²) in [5.41, 5.74) is 0. The van der Waals surface area contributed by atoms with E-state index < -0.39 is 5.97 Å². The van der Waals surface area contributed by atoms with Crippen LogP contribution in [0.3, 0.4) is 0 Å². The minimum atomic E-state index is -0.833. The smallest absolute Gasteiger partial charge is 0.300 e. The van der Waals surface area contributed by atoms with Crippen LogP contribution in [0.2, 0.25) is 0 Å². The van der Waals surface area contributed by atoms with Crippen molar-refractivity contribution in [1.29, 1.82) is 0 Å². The molecule has 1 N–H and O–H groups in total. The zero-order chi connectivity index (χ0) is 3.58. The number of aliphatic carboxylic acids is 1. The molecule has 0 saturated carbocycles. The van der Waals surface area contributed by atoms with Crippen molar-refractivity contribution in [2.75, 3.05) is 0 Å². The summed E-state index contributed by atoms with van der Waals surface area (Å²) in [5.74, 6) is -0.833. The molecule has 0 aromatic rings. The molecule has 6 heavy (non-hydrogen) atoms. The predicted molar refractivity (Wildman–Crippen MR) is 28.7 cm³/mol. The van der Waals surface area contributed by atoms with Crippen molar-refractivity contribution in [1.82, 2.24) is 0 Å². The third kappa shape index (κ3) is 48.2. The summed E-state index contributed by atoms with van der Waals surface area (Å²) in [6.45, 7) is 1.08. The Balaban J connectivity index is -0.0000000450. The van der Waals surface area contributed by atoms with Crippen LogP contribution in [0.25, 0.3) is 0 Å². The Morgan fingerprint density at radius 3 is 1.67 bits per heavy atom. The molecule has 0 amide bonds. The Morgan fingerprint density at radius 2 is 1.67 bits per heavy atom. The minimum Gasteiger partial charge on any atom is -0.481 e.